The van der Waals surface area contributed by atoms with Gasteiger partial charge in [-0.15, -0.1) is 0 Å². The Bertz CT molecular complexity index is 250. The fourth-order valence-electron chi connectivity index (χ4n) is 0.972. The first-order chi connectivity index (χ1) is 5.00. The van der Waals surface area contributed by atoms with Gasteiger partial charge in [0.15, 0.2) is 0 Å². The molecule has 0 aliphatic heterocycles. The van der Waals surface area contributed by atoms with Gasteiger partial charge in [-0.3, -0.25) is 0 Å². The van der Waals surface area contributed by atoms with E-state index in [2.05, 4.69) is 59.9 Å². The molecule has 60 valence electrons. The van der Waals surface area contributed by atoms with E-state index < -0.39 is 8.07 Å². The van der Waals surface area contributed by atoms with Crippen LogP contribution in [0.3, 0.4) is 0 Å². The molecule has 0 nitrogen and oxygen atoms in total. The van der Waals surface area contributed by atoms with Gasteiger partial charge < -0.3 is 0 Å². The molecule has 0 bridgehead atoms. The number of hydrogen-bond donors (Lipinski definition) is 0. The Morgan fingerprint density at radius 2 is 1.82 bits per heavy atom. The second-order valence-electron chi connectivity index (χ2n) is 3.80. The van der Waals surface area contributed by atoms with Crippen LogP contribution in [0.2, 0.25) is 19.6 Å². The van der Waals surface area contributed by atoms with Crippen LogP contribution in [0.1, 0.15) is 0 Å². The molecular formula is C9H14SeSi. The molecule has 0 radical (unpaired) electrons. The van der Waals surface area contributed by atoms with Crippen LogP contribution in [0, 0.1) is 0 Å². The number of rotatable bonds is 1. The molecule has 0 heterocycles. The van der Waals surface area contributed by atoms with E-state index >= 15 is 0 Å². The fourth-order valence-corrected chi connectivity index (χ4v) is 2.89. The zero-order valence-electron chi connectivity index (χ0n) is 7.26. The van der Waals surface area contributed by atoms with Crippen molar-refractivity contribution in [3.05, 3.63) is 24.3 Å². The topological polar surface area (TPSA) is 0 Å². The normalized spacial score (nSPS) is 11.6. The summed E-state index contributed by atoms with van der Waals surface area (Å²) in [5.41, 5.74) is 0. The van der Waals surface area contributed by atoms with Gasteiger partial charge in [0.25, 0.3) is 0 Å². The third kappa shape index (κ3) is 2.48. The van der Waals surface area contributed by atoms with E-state index in [9.17, 15) is 0 Å². The van der Waals surface area contributed by atoms with Gasteiger partial charge in [0.1, 0.15) is 0 Å². The standard InChI is InChI=1S/C9H14SeSi/c1-11(2,3)9-6-4-5-8(10)7-9/h4-7,10H,1-3H3. The van der Waals surface area contributed by atoms with Crippen molar-refractivity contribution in [2.75, 3.05) is 0 Å². The molecule has 0 aromatic heterocycles. The van der Waals surface area contributed by atoms with Gasteiger partial charge in [-0.25, -0.2) is 0 Å². The van der Waals surface area contributed by atoms with E-state index in [-0.39, 0.29) is 0 Å². The van der Waals surface area contributed by atoms with Crippen LogP contribution in [0.4, 0.5) is 0 Å². The molecule has 0 spiro atoms. The monoisotopic (exact) mass is 230 g/mol. The SMILES string of the molecule is C[Si](C)(C)c1cccc([SeH])c1. The van der Waals surface area contributed by atoms with E-state index in [1.165, 1.54) is 9.65 Å². The predicted molar refractivity (Wildman–Crippen MR) is 56.2 cm³/mol. The van der Waals surface area contributed by atoms with Gasteiger partial charge in [-0.05, 0) is 0 Å². The van der Waals surface area contributed by atoms with Crippen LogP contribution < -0.4 is 9.65 Å². The van der Waals surface area contributed by atoms with Crippen LogP contribution in [-0.2, 0) is 0 Å². The van der Waals surface area contributed by atoms with Crippen molar-refractivity contribution in [1.82, 2.24) is 0 Å². The summed E-state index contributed by atoms with van der Waals surface area (Å²) < 4.78 is 1.32. The molecule has 0 aliphatic carbocycles. The second-order valence-corrected chi connectivity index (χ2v) is 9.96. The molecule has 0 saturated carbocycles. The van der Waals surface area contributed by atoms with E-state index in [4.69, 9.17) is 0 Å². The van der Waals surface area contributed by atoms with Gasteiger partial charge in [0.05, 0.1) is 0 Å². The van der Waals surface area contributed by atoms with Crippen molar-refractivity contribution in [3.63, 3.8) is 0 Å². The Morgan fingerprint density at radius 3 is 2.18 bits per heavy atom. The molecule has 0 unspecified atom stereocenters. The van der Waals surface area contributed by atoms with Crippen LogP contribution in [0.15, 0.2) is 24.3 Å². The molecule has 1 aromatic carbocycles. The van der Waals surface area contributed by atoms with Gasteiger partial charge >= 0.3 is 77.6 Å². The van der Waals surface area contributed by atoms with Crippen LogP contribution in [-0.4, -0.2) is 24.1 Å². The first-order valence-electron chi connectivity index (χ1n) is 3.79. The van der Waals surface area contributed by atoms with Crippen LogP contribution >= 0.6 is 0 Å². The van der Waals surface area contributed by atoms with E-state index in [1.54, 1.807) is 0 Å². The summed E-state index contributed by atoms with van der Waals surface area (Å²) in [6, 6.07) is 8.79. The van der Waals surface area contributed by atoms with Crippen molar-refractivity contribution in [1.29, 1.82) is 0 Å². The predicted octanol–water partition coefficient (Wildman–Crippen LogP) is 0.758. The van der Waals surface area contributed by atoms with Crippen LogP contribution in [0.5, 0.6) is 0 Å². The molecule has 0 amide bonds. The minimum absolute atomic E-state index is 1.07. The minimum atomic E-state index is -1.07. The third-order valence-corrected chi connectivity index (χ3v) is 4.34. The zero-order chi connectivity index (χ0) is 8.48. The van der Waals surface area contributed by atoms with Gasteiger partial charge in [0, 0.05) is 0 Å². The summed E-state index contributed by atoms with van der Waals surface area (Å²) in [6.07, 6.45) is 0. The average molecular weight is 229 g/mol. The Balaban J connectivity index is 3.06. The third-order valence-electron chi connectivity index (χ3n) is 1.71. The summed E-state index contributed by atoms with van der Waals surface area (Å²) in [4.78, 5) is 0. The Morgan fingerprint density at radius 1 is 1.18 bits per heavy atom. The summed E-state index contributed by atoms with van der Waals surface area (Å²) in [6.45, 7) is 7.11. The number of benzene rings is 1. The Hall–Kier alpha value is -0.0436. The van der Waals surface area contributed by atoms with Crippen molar-refractivity contribution in [2.45, 2.75) is 19.6 Å². The quantitative estimate of drug-likeness (QED) is 0.624. The van der Waals surface area contributed by atoms with Gasteiger partial charge in [-0.2, -0.15) is 0 Å². The van der Waals surface area contributed by atoms with E-state index in [0.29, 0.717) is 0 Å². The van der Waals surface area contributed by atoms with Crippen LogP contribution in [0.25, 0.3) is 0 Å². The molecule has 2 heteroatoms. The zero-order valence-corrected chi connectivity index (χ0v) is 10.1. The molecule has 0 atom stereocenters. The van der Waals surface area contributed by atoms with E-state index in [1.807, 2.05) is 0 Å². The molecule has 0 fully saturated rings. The first kappa shape index (κ1) is 9.05. The molecular weight excluding hydrogens is 215 g/mol. The summed E-state index contributed by atoms with van der Waals surface area (Å²) in [5.74, 6) is 0. The summed E-state index contributed by atoms with van der Waals surface area (Å²) in [7, 11) is -1.07. The van der Waals surface area contributed by atoms with Gasteiger partial charge in [0.2, 0.25) is 0 Å². The van der Waals surface area contributed by atoms with Crippen molar-refractivity contribution >= 4 is 33.7 Å². The molecule has 1 rings (SSSR count). The fraction of sp³-hybridized carbons (Fsp3) is 0.333. The maximum atomic E-state index is 2.60. The van der Waals surface area contributed by atoms with Crippen molar-refractivity contribution in [3.8, 4) is 0 Å². The summed E-state index contributed by atoms with van der Waals surface area (Å²) >= 11 is 2.60. The van der Waals surface area contributed by atoms with E-state index in [0.717, 1.165) is 0 Å². The Labute approximate surface area is 77.8 Å². The van der Waals surface area contributed by atoms with Crippen molar-refractivity contribution in [2.24, 2.45) is 0 Å². The van der Waals surface area contributed by atoms with Gasteiger partial charge in [-0.1, -0.05) is 0 Å². The molecule has 0 aliphatic rings. The Kier molecular flexibility index (Phi) is 2.58. The average Bonchev–Trinajstić information content (AvgIpc) is 1.86. The van der Waals surface area contributed by atoms with Crippen molar-refractivity contribution < 1.29 is 0 Å². The summed E-state index contributed by atoms with van der Waals surface area (Å²) in [5, 5.41) is 1.54. The second kappa shape index (κ2) is 3.14. The molecule has 0 saturated heterocycles. The molecule has 0 N–H and O–H groups in total. The molecule has 11 heavy (non-hydrogen) atoms. The maximum absolute atomic E-state index is 2.60. The first-order valence-corrected chi connectivity index (χ1v) is 8.23. The number of hydrogen-bond acceptors (Lipinski definition) is 0. The molecule has 1 aromatic rings.